The quantitative estimate of drug-likeness (QED) is 0.824. The van der Waals surface area contributed by atoms with Crippen LogP contribution in [0.3, 0.4) is 0 Å². The van der Waals surface area contributed by atoms with Crippen molar-refractivity contribution in [2.75, 3.05) is 6.54 Å². The highest BCUT2D eigenvalue weighted by atomic mass is 35.5. The summed E-state index contributed by atoms with van der Waals surface area (Å²) in [7, 11) is 0. The van der Waals surface area contributed by atoms with Gasteiger partial charge in [-0.25, -0.2) is 0 Å². The topological polar surface area (TPSA) is 12.0 Å². The lowest BCUT2D eigenvalue weighted by atomic mass is 10.0. The normalized spacial score (nSPS) is 12.6. The number of halogens is 2. The van der Waals surface area contributed by atoms with Crippen LogP contribution in [0.15, 0.2) is 35.0 Å². The summed E-state index contributed by atoms with van der Waals surface area (Å²) in [4.78, 5) is 0. The molecule has 0 saturated carbocycles. The summed E-state index contributed by atoms with van der Waals surface area (Å²) >= 11 is 14.0. The first-order valence-electron chi connectivity index (χ1n) is 5.90. The molecule has 0 bridgehead atoms. The Kier molecular flexibility index (Phi) is 5.07. The zero-order valence-corrected chi connectivity index (χ0v) is 12.4. The lowest BCUT2D eigenvalue weighted by molar-refractivity contribution is 0.550. The Bertz CT molecular complexity index is 497. The van der Waals surface area contributed by atoms with Gasteiger partial charge in [-0.1, -0.05) is 30.1 Å². The average Bonchev–Trinajstić information content (AvgIpc) is 2.85. The number of nitrogens with one attached hydrogen (secondary N) is 1. The number of likely N-dealkylation sites (N-methyl/N-ethyl adjacent to an activating group) is 1. The van der Waals surface area contributed by atoms with E-state index in [2.05, 4.69) is 29.1 Å². The minimum Gasteiger partial charge on any atom is -0.310 e. The Morgan fingerprint density at radius 3 is 2.78 bits per heavy atom. The predicted octanol–water partition coefficient (Wildman–Crippen LogP) is 4.95. The average molecular weight is 300 g/mol. The summed E-state index contributed by atoms with van der Waals surface area (Å²) < 4.78 is 0. The maximum Gasteiger partial charge on any atom is 0.0454 e. The Morgan fingerprint density at radius 2 is 2.11 bits per heavy atom. The molecule has 96 valence electrons. The number of hydrogen-bond acceptors (Lipinski definition) is 2. The Hall–Kier alpha value is -0.540. The second kappa shape index (κ2) is 6.58. The molecule has 1 N–H and O–H groups in total. The van der Waals surface area contributed by atoms with Crippen LogP contribution in [0.4, 0.5) is 0 Å². The molecule has 0 spiro atoms. The van der Waals surface area contributed by atoms with Crippen molar-refractivity contribution in [3.63, 3.8) is 0 Å². The van der Waals surface area contributed by atoms with E-state index in [0.29, 0.717) is 0 Å². The van der Waals surface area contributed by atoms with Crippen LogP contribution < -0.4 is 5.32 Å². The van der Waals surface area contributed by atoms with Crippen molar-refractivity contribution >= 4 is 34.5 Å². The molecule has 0 fully saturated rings. The minimum absolute atomic E-state index is 0.204. The third-order valence-electron chi connectivity index (χ3n) is 2.80. The third kappa shape index (κ3) is 3.48. The highest BCUT2D eigenvalue weighted by Gasteiger charge is 2.15. The highest BCUT2D eigenvalue weighted by Crippen LogP contribution is 2.29. The van der Waals surface area contributed by atoms with Gasteiger partial charge in [0.05, 0.1) is 0 Å². The SMILES string of the molecule is CCNC(Cc1ccsc1)c1cc(Cl)ccc1Cl. The van der Waals surface area contributed by atoms with Crippen molar-refractivity contribution in [3.8, 4) is 0 Å². The summed E-state index contributed by atoms with van der Waals surface area (Å²) in [5.41, 5.74) is 2.39. The van der Waals surface area contributed by atoms with Crippen LogP contribution in [0.25, 0.3) is 0 Å². The van der Waals surface area contributed by atoms with Crippen LogP contribution in [0.5, 0.6) is 0 Å². The summed E-state index contributed by atoms with van der Waals surface area (Å²) in [6, 6.07) is 7.98. The molecular weight excluding hydrogens is 285 g/mol. The van der Waals surface area contributed by atoms with Gasteiger partial charge in [-0.05, 0) is 59.1 Å². The van der Waals surface area contributed by atoms with E-state index in [9.17, 15) is 0 Å². The zero-order valence-electron chi connectivity index (χ0n) is 10.1. The Labute approximate surface area is 122 Å². The van der Waals surface area contributed by atoms with Crippen LogP contribution in [0.1, 0.15) is 24.1 Å². The molecule has 1 aromatic heterocycles. The lowest BCUT2D eigenvalue weighted by Gasteiger charge is -2.19. The summed E-state index contributed by atoms with van der Waals surface area (Å²) in [6.07, 6.45) is 0.928. The number of benzene rings is 1. The summed E-state index contributed by atoms with van der Waals surface area (Å²) in [5, 5.41) is 9.22. The van der Waals surface area contributed by atoms with E-state index in [-0.39, 0.29) is 6.04 Å². The summed E-state index contributed by atoms with van der Waals surface area (Å²) in [5.74, 6) is 0. The van der Waals surface area contributed by atoms with Crippen molar-refractivity contribution in [1.29, 1.82) is 0 Å². The maximum atomic E-state index is 6.27. The van der Waals surface area contributed by atoms with Gasteiger partial charge in [0, 0.05) is 16.1 Å². The molecule has 1 aromatic carbocycles. The fourth-order valence-electron chi connectivity index (χ4n) is 1.96. The highest BCUT2D eigenvalue weighted by molar-refractivity contribution is 7.07. The Balaban J connectivity index is 2.26. The minimum atomic E-state index is 0.204. The van der Waals surface area contributed by atoms with Crippen LogP contribution in [-0.4, -0.2) is 6.54 Å². The van der Waals surface area contributed by atoms with Crippen LogP contribution in [0, 0.1) is 0 Å². The largest absolute Gasteiger partial charge is 0.310 e. The lowest BCUT2D eigenvalue weighted by Crippen LogP contribution is -2.23. The molecule has 0 aliphatic rings. The van der Waals surface area contributed by atoms with Crippen LogP contribution in [-0.2, 0) is 6.42 Å². The second-order valence-electron chi connectivity index (χ2n) is 4.11. The maximum absolute atomic E-state index is 6.27. The molecule has 2 rings (SSSR count). The van der Waals surface area contributed by atoms with Crippen LogP contribution >= 0.6 is 34.5 Å². The Morgan fingerprint density at radius 1 is 1.28 bits per heavy atom. The predicted molar refractivity (Wildman–Crippen MR) is 80.9 cm³/mol. The summed E-state index contributed by atoms with van der Waals surface area (Å²) in [6.45, 7) is 3.00. The number of rotatable bonds is 5. The molecule has 0 saturated heterocycles. The fraction of sp³-hybridized carbons (Fsp3) is 0.286. The van der Waals surface area contributed by atoms with Crippen molar-refractivity contribution in [3.05, 3.63) is 56.2 Å². The molecule has 1 unspecified atom stereocenters. The third-order valence-corrected chi connectivity index (χ3v) is 4.12. The first-order chi connectivity index (χ1) is 8.70. The van der Waals surface area contributed by atoms with Crippen molar-refractivity contribution in [2.24, 2.45) is 0 Å². The molecule has 1 atom stereocenters. The molecular formula is C14H15Cl2NS. The van der Waals surface area contributed by atoms with Crippen molar-refractivity contribution in [1.82, 2.24) is 5.32 Å². The molecule has 1 nitrogen and oxygen atoms in total. The molecule has 0 radical (unpaired) electrons. The molecule has 18 heavy (non-hydrogen) atoms. The monoisotopic (exact) mass is 299 g/mol. The van der Waals surface area contributed by atoms with Crippen molar-refractivity contribution < 1.29 is 0 Å². The first kappa shape index (κ1) is 13.9. The van der Waals surface area contributed by atoms with Gasteiger partial charge in [0.2, 0.25) is 0 Å². The molecule has 0 aliphatic carbocycles. The van der Waals surface area contributed by atoms with Gasteiger partial charge in [0.15, 0.2) is 0 Å². The van der Waals surface area contributed by atoms with Gasteiger partial charge >= 0.3 is 0 Å². The van der Waals surface area contributed by atoms with E-state index in [1.165, 1.54) is 5.56 Å². The van der Waals surface area contributed by atoms with Gasteiger partial charge in [0.25, 0.3) is 0 Å². The van der Waals surface area contributed by atoms with Gasteiger partial charge in [-0.3, -0.25) is 0 Å². The number of thiophene rings is 1. The van der Waals surface area contributed by atoms with Gasteiger partial charge in [-0.15, -0.1) is 0 Å². The van der Waals surface area contributed by atoms with Gasteiger partial charge < -0.3 is 5.32 Å². The van der Waals surface area contributed by atoms with E-state index >= 15 is 0 Å². The first-order valence-corrected chi connectivity index (χ1v) is 7.60. The molecule has 4 heteroatoms. The molecule has 0 amide bonds. The fourth-order valence-corrected chi connectivity index (χ4v) is 3.08. The van der Waals surface area contributed by atoms with E-state index in [0.717, 1.165) is 28.6 Å². The molecule has 2 aromatic rings. The van der Waals surface area contributed by atoms with E-state index in [1.807, 2.05) is 18.2 Å². The zero-order chi connectivity index (χ0) is 13.0. The number of hydrogen-bond donors (Lipinski definition) is 1. The smallest absolute Gasteiger partial charge is 0.0454 e. The van der Waals surface area contributed by atoms with Gasteiger partial charge in [-0.2, -0.15) is 11.3 Å². The molecule has 1 heterocycles. The van der Waals surface area contributed by atoms with E-state index in [1.54, 1.807) is 11.3 Å². The standard InChI is InChI=1S/C14H15Cl2NS/c1-2-17-14(7-10-5-6-18-9-10)12-8-11(15)3-4-13(12)16/h3-6,8-9,14,17H,2,7H2,1H3. The van der Waals surface area contributed by atoms with Crippen LogP contribution in [0.2, 0.25) is 10.0 Å². The van der Waals surface area contributed by atoms with E-state index < -0.39 is 0 Å². The van der Waals surface area contributed by atoms with Gasteiger partial charge in [0.1, 0.15) is 0 Å². The molecule has 0 aliphatic heterocycles. The van der Waals surface area contributed by atoms with E-state index in [4.69, 9.17) is 23.2 Å². The van der Waals surface area contributed by atoms with Crippen molar-refractivity contribution in [2.45, 2.75) is 19.4 Å². The second-order valence-corrected chi connectivity index (χ2v) is 5.74.